The molecule has 2 aromatic carbocycles. The fraction of sp³-hybridized carbons (Fsp3) is 0.316. The Labute approximate surface area is 180 Å². The van der Waals surface area contributed by atoms with Crippen LogP contribution in [-0.2, 0) is 0 Å². The molecule has 0 atom stereocenters. The number of ether oxygens (including phenoxy) is 3. The zero-order valence-electron chi connectivity index (χ0n) is 15.7. The van der Waals surface area contributed by atoms with E-state index < -0.39 is 11.6 Å². The summed E-state index contributed by atoms with van der Waals surface area (Å²) in [5, 5.41) is 2.97. The quantitative estimate of drug-likeness (QED) is 0.231. The van der Waals surface area contributed by atoms with Crippen molar-refractivity contribution in [2.45, 2.75) is 13.8 Å². The summed E-state index contributed by atoms with van der Waals surface area (Å²) in [6.07, 6.45) is 0. The van der Waals surface area contributed by atoms with Gasteiger partial charge >= 0.3 is 0 Å². The Balaban J connectivity index is 0.00000392. The van der Waals surface area contributed by atoms with E-state index >= 15 is 0 Å². The smallest absolute Gasteiger partial charge is 0.193 e. The minimum absolute atomic E-state index is 0. The van der Waals surface area contributed by atoms with E-state index in [1.807, 2.05) is 19.9 Å². The second-order valence-corrected chi connectivity index (χ2v) is 5.34. The second-order valence-electron chi connectivity index (χ2n) is 5.34. The number of hydrogen-bond donors (Lipinski definition) is 2. The molecule has 0 spiro atoms. The molecule has 0 heterocycles. The van der Waals surface area contributed by atoms with E-state index in [0.717, 1.165) is 12.1 Å². The molecule has 9 heteroatoms. The molecule has 0 bridgehead atoms. The van der Waals surface area contributed by atoms with Gasteiger partial charge in [0.2, 0.25) is 0 Å². The monoisotopic (exact) mass is 507 g/mol. The fourth-order valence-corrected chi connectivity index (χ4v) is 2.22. The lowest BCUT2D eigenvalue weighted by atomic mass is 10.2. The van der Waals surface area contributed by atoms with Crippen molar-refractivity contribution in [3.05, 3.63) is 48.0 Å². The number of nitrogens with zero attached hydrogens (tertiary/aromatic N) is 1. The van der Waals surface area contributed by atoms with E-state index in [9.17, 15) is 8.78 Å². The summed E-state index contributed by atoms with van der Waals surface area (Å²) in [4.78, 5) is 4.15. The number of benzene rings is 2. The van der Waals surface area contributed by atoms with Gasteiger partial charge < -0.3 is 25.3 Å². The van der Waals surface area contributed by atoms with Crippen molar-refractivity contribution in [2.24, 2.45) is 10.7 Å². The molecule has 0 aliphatic rings. The van der Waals surface area contributed by atoms with Gasteiger partial charge in [-0.3, -0.25) is 0 Å². The number of anilines is 1. The first-order valence-corrected chi connectivity index (χ1v) is 8.58. The first-order valence-electron chi connectivity index (χ1n) is 8.58. The highest BCUT2D eigenvalue weighted by Gasteiger charge is 2.07. The Morgan fingerprint density at radius 3 is 2.32 bits per heavy atom. The van der Waals surface area contributed by atoms with Crippen LogP contribution in [0.1, 0.15) is 13.8 Å². The lowest BCUT2D eigenvalue weighted by Gasteiger charge is -2.14. The lowest BCUT2D eigenvalue weighted by Crippen LogP contribution is -2.24. The van der Waals surface area contributed by atoms with Gasteiger partial charge in [0, 0.05) is 12.1 Å². The fourth-order valence-electron chi connectivity index (χ4n) is 2.22. The molecule has 6 nitrogen and oxygen atoms in total. The minimum Gasteiger partial charge on any atom is -0.494 e. The van der Waals surface area contributed by atoms with Crippen molar-refractivity contribution in [3.8, 4) is 17.2 Å². The summed E-state index contributed by atoms with van der Waals surface area (Å²) in [6.45, 7) is 5.21. The molecule has 0 amide bonds. The predicted octanol–water partition coefficient (Wildman–Crippen LogP) is 4.19. The third kappa shape index (κ3) is 7.37. The number of rotatable bonds is 9. The molecule has 28 heavy (non-hydrogen) atoms. The van der Waals surface area contributed by atoms with E-state index in [0.29, 0.717) is 30.4 Å². The maximum atomic E-state index is 13.1. The van der Waals surface area contributed by atoms with Gasteiger partial charge in [0.05, 0.1) is 25.4 Å². The van der Waals surface area contributed by atoms with Crippen LogP contribution in [0.2, 0.25) is 0 Å². The Hall–Kier alpha value is -2.30. The maximum Gasteiger partial charge on any atom is 0.193 e. The number of guanidine groups is 1. The Kier molecular flexibility index (Phi) is 10.4. The van der Waals surface area contributed by atoms with Crippen LogP contribution in [0.3, 0.4) is 0 Å². The normalized spacial score (nSPS) is 10.8. The van der Waals surface area contributed by atoms with Crippen LogP contribution >= 0.6 is 24.0 Å². The second kappa shape index (κ2) is 12.2. The first-order chi connectivity index (χ1) is 13.0. The topological polar surface area (TPSA) is 78.1 Å². The summed E-state index contributed by atoms with van der Waals surface area (Å²) in [5.41, 5.74) is 6.53. The molecule has 0 saturated heterocycles. The average Bonchev–Trinajstić information content (AvgIpc) is 2.64. The van der Waals surface area contributed by atoms with Crippen molar-refractivity contribution in [3.63, 3.8) is 0 Å². The number of nitrogens with two attached hydrogens (primary N) is 1. The Morgan fingerprint density at radius 1 is 0.964 bits per heavy atom. The predicted molar refractivity (Wildman–Crippen MR) is 116 cm³/mol. The molecule has 0 radical (unpaired) electrons. The molecule has 2 rings (SSSR count). The van der Waals surface area contributed by atoms with Gasteiger partial charge in [-0.2, -0.15) is 0 Å². The summed E-state index contributed by atoms with van der Waals surface area (Å²) in [5.74, 6) is -0.199. The number of nitrogens with one attached hydrogen (secondary N) is 1. The van der Waals surface area contributed by atoms with E-state index in [2.05, 4.69) is 10.3 Å². The summed E-state index contributed by atoms with van der Waals surface area (Å²) >= 11 is 0. The van der Waals surface area contributed by atoms with Gasteiger partial charge in [0.25, 0.3) is 0 Å². The van der Waals surface area contributed by atoms with Crippen molar-refractivity contribution < 1.29 is 23.0 Å². The van der Waals surface area contributed by atoms with Crippen molar-refractivity contribution in [1.82, 2.24) is 0 Å². The number of halogens is 3. The standard InChI is InChI=1S/C19H23F2N3O3.HI/c1-3-25-14-6-8-18(26-4-2)17(12-14)24-19(22)23-9-10-27-13-5-7-15(20)16(21)11-13;/h5-8,11-12H,3-4,9-10H2,1-2H3,(H3,22,23,24);1H. The van der Waals surface area contributed by atoms with Crippen LogP contribution < -0.4 is 25.3 Å². The number of aliphatic imine (C=N–C) groups is 1. The Morgan fingerprint density at radius 2 is 1.64 bits per heavy atom. The van der Waals surface area contributed by atoms with Crippen LogP contribution in [0.15, 0.2) is 41.4 Å². The van der Waals surface area contributed by atoms with E-state index in [1.165, 1.54) is 6.07 Å². The molecule has 0 aromatic heterocycles. The van der Waals surface area contributed by atoms with Crippen LogP contribution in [0.25, 0.3) is 0 Å². The van der Waals surface area contributed by atoms with Gasteiger partial charge in [-0.25, -0.2) is 13.8 Å². The van der Waals surface area contributed by atoms with Gasteiger partial charge in [0.15, 0.2) is 17.6 Å². The van der Waals surface area contributed by atoms with Gasteiger partial charge in [-0.15, -0.1) is 24.0 Å². The van der Waals surface area contributed by atoms with Crippen molar-refractivity contribution in [1.29, 1.82) is 0 Å². The van der Waals surface area contributed by atoms with E-state index in [-0.39, 0.29) is 48.8 Å². The SMILES string of the molecule is CCOc1ccc(OCC)c(NC(N)=NCCOc2ccc(F)c(F)c2)c1.I. The summed E-state index contributed by atoms with van der Waals surface area (Å²) in [6, 6.07) is 8.70. The van der Waals surface area contributed by atoms with Crippen molar-refractivity contribution in [2.75, 3.05) is 31.7 Å². The van der Waals surface area contributed by atoms with E-state index in [1.54, 1.807) is 12.1 Å². The highest BCUT2D eigenvalue weighted by molar-refractivity contribution is 14.0. The molecule has 0 aliphatic carbocycles. The largest absolute Gasteiger partial charge is 0.494 e. The van der Waals surface area contributed by atoms with Crippen LogP contribution in [0.4, 0.5) is 14.5 Å². The minimum atomic E-state index is -0.963. The molecule has 2 aromatic rings. The van der Waals surface area contributed by atoms with Crippen molar-refractivity contribution >= 4 is 35.6 Å². The molecule has 0 fully saturated rings. The lowest BCUT2D eigenvalue weighted by molar-refractivity contribution is 0.325. The van der Waals surface area contributed by atoms with Crippen LogP contribution in [0, 0.1) is 11.6 Å². The molecular weight excluding hydrogens is 483 g/mol. The third-order valence-electron chi connectivity index (χ3n) is 3.36. The van der Waals surface area contributed by atoms with Gasteiger partial charge in [-0.05, 0) is 38.1 Å². The number of hydrogen-bond acceptors (Lipinski definition) is 4. The highest BCUT2D eigenvalue weighted by atomic mass is 127. The van der Waals surface area contributed by atoms with Crippen LogP contribution in [0.5, 0.6) is 17.2 Å². The highest BCUT2D eigenvalue weighted by Crippen LogP contribution is 2.29. The summed E-state index contributed by atoms with van der Waals surface area (Å²) < 4.78 is 42.3. The third-order valence-corrected chi connectivity index (χ3v) is 3.36. The first kappa shape index (κ1) is 23.7. The van der Waals surface area contributed by atoms with Gasteiger partial charge in [0.1, 0.15) is 23.9 Å². The van der Waals surface area contributed by atoms with Gasteiger partial charge in [-0.1, -0.05) is 0 Å². The summed E-state index contributed by atoms with van der Waals surface area (Å²) in [7, 11) is 0. The molecule has 0 unspecified atom stereocenters. The maximum absolute atomic E-state index is 13.1. The average molecular weight is 507 g/mol. The molecule has 0 saturated carbocycles. The zero-order chi connectivity index (χ0) is 19.6. The molecular formula is C19H24F2IN3O3. The molecule has 154 valence electrons. The Bertz CT molecular complexity index is 791. The molecule has 0 aliphatic heterocycles. The van der Waals surface area contributed by atoms with E-state index in [4.69, 9.17) is 19.9 Å². The zero-order valence-corrected chi connectivity index (χ0v) is 18.0. The molecule has 3 N–H and O–H groups in total. The van der Waals surface area contributed by atoms with Crippen LogP contribution in [-0.4, -0.2) is 32.3 Å².